The van der Waals surface area contributed by atoms with Crippen molar-refractivity contribution in [3.05, 3.63) is 36.1 Å². The van der Waals surface area contributed by atoms with E-state index in [1.54, 1.807) is 0 Å². The Morgan fingerprint density at radius 3 is 2.91 bits per heavy atom. The molecule has 1 aromatic carbocycles. The number of benzene rings is 1. The molecule has 0 N–H and O–H groups in total. The molecule has 0 radical (unpaired) electrons. The van der Waals surface area contributed by atoms with E-state index in [0.29, 0.717) is 23.6 Å². The van der Waals surface area contributed by atoms with Gasteiger partial charge in [0.2, 0.25) is 0 Å². The normalized spacial score (nSPS) is 30.9. The lowest BCUT2D eigenvalue weighted by molar-refractivity contribution is 0.0669. The molecule has 0 spiro atoms. The van der Waals surface area contributed by atoms with Gasteiger partial charge < -0.3 is 9.32 Å². The fourth-order valence-corrected chi connectivity index (χ4v) is 4.44. The quantitative estimate of drug-likeness (QED) is 0.826. The number of fused-ring (bicyclic) bond motifs is 3. The predicted molar refractivity (Wildman–Crippen MR) is 86.7 cm³/mol. The van der Waals surface area contributed by atoms with Crippen LogP contribution >= 0.6 is 0 Å². The highest BCUT2D eigenvalue weighted by Crippen LogP contribution is 2.44. The molecule has 1 saturated carbocycles. The zero-order chi connectivity index (χ0) is 15.3. The maximum atomic E-state index is 12.9. The Labute approximate surface area is 131 Å². The number of para-hydroxylation sites is 1. The fraction of sp³-hybridized carbons (Fsp3) is 0.526. The molecule has 4 rings (SSSR count). The van der Waals surface area contributed by atoms with Crippen LogP contribution in [0.15, 0.2) is 34.7 Å². The molecule has 1 aromatic heterocycles. The van der Waals surface area contributed by atoms with Gasteiger partial charge in [0.1, 0.15) is 5.58 Å². The van der Waals surface area contributed by atoms with E-state index in [2.05, 4.69) is 18.7 Å². The van der Waals surface area contributed by atoms with Gasteiger partial charge in [-0.25, -0.2) is 0 Å². The van der Waals surface area contributed by atoms with Crippen molar-refractivity contribution in [1.29, 1.82) is 0 Å². The molecule has 22 heavy (non-hydrogen) atoms. The van der Waals surface area contributed by atoms with Gasteiger partial charge in [-0.05, 0) is 42.7 Å². The molecule has 1 amide bonds. The van der Waals surface area contributed by atoms with Crippen LogP contribution in [0.4, 0.5) is 0 Å². The number of nitrogens with zero attached hydrogens (tertiary/aromatic N) is 1. The molecular formula is C19H23NO2. The highest BCUT2D eigenvalue weighted by Gasteiger charge is 2.46. The molecular weight excluding hydrogens is 274 g/mol. The maximum absolute atomic E-state index is 12.9. The summed E-state index contributed by atoms with van der Waals surface area (Å²) in [6.07, 6.45) is 3.66. The molecule has 0 unspecified atom stereocenters. The van der Waals surface area contributed by atoms with Crippen LogP contribution in [0.3, 0.4) is 0 Å². The summed E-state index contributed by atoms with van der Waals surface area (Å²) in [5.41, 5.74) is 0.799. The smallest absolute Gasteiger partial charge is 0.289 e. The predicted octanol–water partition coefficient (Wildman–Crippen LogP) is 4.33. The lowest BCUT2D eigenvalue weighted by Crippen LogP contribution is -2.38. The molecule has 2 heterocycles. The van der Waals surface area contributed by atoms with Crippen LogP contribution in [-0.2, 0) is 0 Å². The minimum absolute atomic E-state index is 0.0762. The topological polar surface area (TPSA) is 33.5 Å². The Morgan fingerprint density at radius 1 is 1.32 bits per heavy atom. The summed E-state index contributed by atoms with van der Waals surface area (Å²) in [4.78, 5) is 15.0. The number of hydrogen-bond acceptors (Lipinski definition) is 2. The number of furan rings is 1. The highest BCUT2D eigenvalue weighted by atomic mass is 16.3. The summed E-state index contributed by atoms with van der Waals surface area (Å²) in [7, 11) is 0. The van der Waals surface area contributed by atoms with Crippen LogP contribution in [0.25, 0.3) is 11.0 Å². The minimum atomic E-state index is 0.0762. The Morgan fingerprint density at radius 2 is 2.14 bits per heavy atom. The van der Waals surface area contributed by atoms with Gasteiger partial charge in [-0.2, -0.15) is 0 Å². The second kappa shape index (κ2) is 5.15. The van der Waals surface area contributed by atoms with Gasteiger partial charge in [-0.15, -0.1) is 0 Å². The van der Waals surface area contributed by atoms with Gasteiger partial charge in [0.05, 0.1) is 0 Å². The molecule has 2 aliphatic rings. The third-order valence-electron chi connectivity index (χ3n) is 5.87. The molecule has 1 aliphatic heterocycles. The van der Waals surface area contributed by atoms with Crippen molar-refractivity contribution in [2.75, 3.05) is 6.54 Å². The van der Waals surface area contributed by atoms with E-state index in [1.807, 2.05) is 30.3 Å². The van der Waals surface area contributed by atoms with E-state index in [4.69, 9.17) is 4.42 Å². The van der Waals surface area contributed by atoms with Crippen LogP contribution in [0, 0.1) is 17.8 Å². The average molecular weight is 297 g/mol. The highest BCUT2D eigenvalue weighted by molar-refractivity contribution is 5.96. The summed E-state index contributed by atoms with van der Waals surface area (Å²) in [6.45, 7) is 5.48. The van der Waals surface area contributed by atoms with Crippen molar-refractivity contribution in [2.24, 2.45) is 17.8 Å². The van der Waals surface area contributed by atoms with Gasteiger partial charge in [-0.3, -0.25) is 4.79 Å². The van der Waals surface area contributed by atoms with Crippen LogP contribution in [-0.4, -0.2) is 23.4 Å². The third kappa shape index (κ3) is 2.06. The summed E-state index contributed by atoms with van der Waals surface area (Å²) in [6, 6.07) is 10.1. The van der Waals surface area contributed by atoms with Crippen molar-refractivity contribution in [3.63, 3.8) is 0 Å². The molecule has 1 saturated heterocycles. The number of carbonyl (C=O) groups excluding carboxylic acids is 1. The molecule has 2 bridgehead atoms. The second-order valence-electron chi connectivity index (χ2n) is 7.04. The first-order chi connectivity index (χ1) is 10.7. The average Bonchev–Trinajstić information content (AvgIpc) is 3.02. The first-order valence-corrected chi connectivity index (χ1v) is 8.47. The van der Waals surface area contributed by atoms with E-state index in [1.165, 1.54) is 12.8 Å². The Kier molecular flexibility index (Phi) is 3.24. The minimum Gasteiger partial charge on any atom is -0.451 e. The summed E-state index contributed by atoms with van der Waals surface area (Å²) in [5.74, 6) is 2.63. The van der Waals surface area contributed by atoms with Gasteiger partial charge in [-0.1, -0.05) is 38.5 Å². The van der Waals surface area contributed by atoms with Crippen molar-refractivity contribution in [1.82, 2.24) is 4.90 Å². The van der Waals surface area contributed by atoms with Gasteiger partial charge >= 0.3 is 0 Å². The summed E-state index contributed by atoms with van der Waals surface area (Å²) < 4.78 is 5.79. The first-order valence-electron chi connectivity index (χ1n) is 8.47. The van der Waals surface area contributed by atoms with Crippen LogP contribution < -0.4 is 0 Å². The Bertz CT molecular complexity index is 671. The van der Waals surface area contributed by atoms with E-state index >= 15 is 0 Å². The zero-order valence-electron chi connectivity index (χ0n) is 13.3. The van der Waals surface area contributed by atoms with Crippen LogP contribution in [0.5, 0.6) is 0 Å². The van der Waals surface area contributed by atoms with Crippen molar-refractivity contribution in [2.45, 2.75) is 39.2 Å². The number of amides is 1. The molecule has 3 nitrogen and oxygen atoms in total. The molecule has 2 aromatic rings. The van der Waals surface area contributed by atoms with Crippen LogP contribution in [0.1, 0.15) is 43.7 Å². The lowest BCUT2D eigenvalue weighted by atomic mass is 9.74. The SMILES string of the molecule is CC[C@H]1C[C@@H]2CN(C(=O)c3cc4ccccc4o3)[C@H](C1)[C@@H]2C. The number of rotatable bonds is 2. The van der Waals surface area contributed by atoms with Crippen molar-refractivity contribution < 1.29 is 9.21 Å². The molecule has 116 valence electrons. The maximum Gasteiger partial charge on any atom is 0.289 e. The third-order valence-corrected chi connectivity index (χ3v) is 5.87. The van der Waals surface area contributed by atoms with E-state index in [-0.39, 0.29) is 5.91 Å². The van der Waals surface area contributed by atoms with Crippen molar-refractivity contribution in [3.8, 4) is 0 Å². The largest absolute Gasteiger partial charge is 0.451 e. The molecule has 3 heteroatoms. The number of likely N-dealkylation sites (tertiary alicyclic amines) is 1. The molecule has 2 fully saturated rings. The van der Waals surface area contributed by atoms with E-state index in [9.17, 15) is 4.79 Å². The monoisotopic (exact) mass is 297 g/mol. The van der Waals surface area contributed by atoms with Gasteiger partial charge in [0.25, 0.3) is 5.91 Å². The summed E-state index contributed by atoms with van der Waals surface area (Å²) >= 11 is 0. The van der Waals surface area contributed by atoms with E-state index in [0.717, 1.165) is 29.9 Å². The summed E-state index contributed by atoms with van der Waals surface area (Å²) in [5, 5.41) is 1.01. The van der Waals surface area contributed by atoms with Crippen molar-refractivity contribution >= 4 is 16.9 Å². The van der Waals surface area contributed by atoms with E-state index < -0.39 is 0 Å². The fourth-order valence-electron chi connectivity index (χ4n) is 4.44. The number of hydrogen-bond donors (Lipinski definition) is 0. The first kappa shape index (κ1) is 13.9. The lowest BCUT2D eigenvalue weighted by Gasteiger charge is -2.33. The van der Waals surface area contributed by atoms with Gasteiger partial charge in [0, 0.05) is 18.0 Å². The second-order valence-corrected chi connectivity index (χ2v) is 7.04. The number of carbonyl (C=O) groups is 1. The van der Waals surface area contributed by atoms with Crippen LogP contribution in [0.2, 0.25) is 0 Å². The molecule has 1 aliphatic carbocycles. The Hall–Kier alpha value is -1.77. The zero-order valence-corrected chi connectivity index (χ0v) is 13.3. The standard InChI is InChI=1S/C19H23NO2/c1-3-13-8-15-11-20(16(9-13)12(15)2)19(21)18-10-14-6-4-5-7-17(14)22-18/h4-7,10,12-13,15-16H,3,8-9,11H2,1-2H3/t12-,13+,15-,16-/m1/s1. The van der Waals surface area contributed by atoms with Gasteiger partial charge in [0.15, 0.2) is 5.76 Å². The Balaban J connectivity index is 1.63. The molecule has 4 atom stereocenters.